The number of benzene rings is 1. The van der Waals surface area contributed by atoms with Crippen molar-refractivity contribution in [3.8, 4) is 11.5 Å². The third-order valence-corrected chi connectivity index (χ3v) is 3.72. The van der Waals surface area contributed by atoms with Gasteiger partial charge in [0.05, 0.1) is 0 Å². The van der Waals surface area contributed by atoms with Crippen molar-refractivity contribution >= 4 is 0 Å². The Bertz CT molecular complexity index is 419. The van der Waals surface area contributed by atoms with Gasteiger partial charge in [0.15, 0.2) is 11.5 Å². The molecule has 2 rings (SSSR count). The topological polar surface area (TPSA) is 33.7 Å². The van der Waals surface area contributed by atoms with Gasteiger partial charge in [-0.2, -0.15) is 0 Å². The molecule has 112 valence electrons. The molecule has 1 atom stereocenters. The summed E-state index contributed by atoms with van der Waals surface area (Å²) in [5.41, 5.74) is 1.17. The predicted molar refractivity (Wildman–Crippen MR) is 81.5 cm³/mol. The molecule has 1 aliphatic rings. The van der Waals surface area contributed by atoms with Crippen LogP contribution < -0.4 is 14.8 Å². The van der Waals surface area contributed by atoms with Gasteiger partial charge in [-0.05, 0) is 26.1 Å². The quantitative estimate of drug-likeness (QED) is 0.829. The third-order valence-electron chi connectivity index (χ3n) is 3.72. The Morgan fingerprint density at radius 3 is 2.70 bits per heavy atom. The van der Waals surface area contributed by atoms with E-state index in [1.807, 2.05) is 12.1 Å². The van der Waals surface area contributed by atoms with Crippen molar-refractivity contribution in [3.05, 3.63) is 23.8 Å². The Kier molecular flexibility index (Phi) is 5.68. The first-order chi connectivity index (χ1) is 9.74. The molecular weight excluding hydrogens is 252 g/mol. The van der Waals surface area contributed by atoms with Gasteiger partial charge in [0, 0.05) is 24.7 Å². The molecule has 0 saturated heterocycles. The van der Waals surface area contributed by atoms with E-state index in [1.54, 1.807) is 0 Å². The molecule has 1 unspecified atom stereocenters. The minimum absolute atomic E-state index is 0.454. The van der Waals surface area contributed by atoms with E-state index in [9.17, 15) is 0 Å². The molecular formula is C16H26N2O2. The van der Waals surface area contributed by atoms with Gasteiger partial charge in [-0.15, -0.1) is 0 Å². The van der Waals surface area contributed by atoms with Crippen molar-refractivity contribution in [2.45, 2.75) is 33.4 Å². The van der Waals surface area contributed by atoms with Crippen LogP contribution in [-0.2, 0) is 6.54 Å². The van der Waals surface area contributed by atoms with E-state index in [2.05, 4.69) is 37.1 Å². The maximum absolute atomic E-state index is 5.73. The number of ether oxygens (including phenoxy) is 2. The molecule has 1 aromatic rings. The molecule has 0 saturated carbocycles. The summed E-state index contributed by atoms with van der Waals surface area (Å²) in [5.74, 6) is 1.77. The fraction of sp³-hybridized carbons (Fsp3) is 0.625. The van der Waals surface area contributed by atoms with Crippen LogP contribution in [0.4, 0.5) is 0 Å². The molecule has 4 heteroatoms. The van der Waals surface area contributed by atoms with Crippen LogP contribution in [0.15, 0.2) is 18.2 Å². The number of hydrogen-bond donors (Lipinski definition) is 1. The summed E-state index contributed by atoms with van der Waals surface area (Å²) in [6.45, 7) is 12.0. The summed E-state index contributed by atoms with van der Waals surface area (Å²) < 4.78 is 11.3. The lowest BCUT2D eigenvalue weighted by atomic mass is 10.1. The van der Waals surface area contributed by atoms with E-state index in [1.165, 1.54) is 5.56 Å². The minimum atomic E-state index is 0.454. The zero-order valence-electron chi connectivity index (χ0n) is 12.8. The van der Waals surface area contributed by atoms with Crippen LogP contribution in [0.25, 0.3) is 0 Å². The number of fused-ring (bicyclic) bond motifs is 1. The fourth-order valence-corrected chi connectivity index (χ4v) is 2.49. The normalized spacial score (nSPS) is 15.4. The smallest absolute Gasteiger partial charge is 0.165 e. The maximum Gasteiger partial charge on any atom is 0.165 e. The van der Waals surface area contributed by atoms with Gasteiger partial charge >= 0.3 is 0 Å². The first kappa shape index (κ1) is 15.1. The number of rotatable bonds is 7. The Morgan fingerprint density at radius 1 is 1.20 bits per heavy atom. The van der Waals surface area contributed by atoms with Crippen LogP contribution in [0.2, 0.25) is 0 Å². The molecule has 0 fully saturated rings. The highest BCUT2D eigenvalue weighted by atomic mass is 16.6. The molecule has 0 amide bonds. The van der Waals surface area contributed by atoms with Crippen molar-refractivity contribution in [1.82, 2.24) is 10.2 Å². The van der Waals surface area contributed by atoms with Gasteiger partial charge in [-0.25, -0.2) is 0 Å². The SMILES string of the molecule is CCN(CC)CC(C)NCc1cccc2c1OCCO2. The molecule has 0 radical (unpaired) electrons. The van der Waals surface area contributed by atoms with Crippen LogP contribution in [-0.4, -0.2) is 43.8 Å². The summed E-state index contributed by atoms with van der Waals surface area (Å²) in [7, 11) is 0. The van der Waals surface area contributed by atoms with Crippen molar-refractivity contribution in [3.63, 3.8) is 0 Å². The average Bonchev–Trinajstić information content (AvgIpc) is 2.50. The zero-order valence-corrected chi connectivity index (χ0v) is 12.8. The number of para-hydroxylation sites is 1. The molecule has 1 aromatic carbocycles. The monoisotopic (exact) mass is 278 g/mol. The van der Waals surface area contributed by atoms with E-state index in [4.69, 9.17) is 9.47 Å². The third kappa shape index (κ3) is 3.87. The average molecular weight is 278 g/mol. The predicted octanol–water partition coefficient (Wildman–Crippen LogP) is 2.28. The molecule has 0 spiro atoms. The van der Waals surface area contributed by atoms with Crippen LogP contribution in [0.5, 0.6) is 11.5 Å². The van der Waals surface area contributed by atoms with Crippen molar-refractivity contribution < 1.29 is 9.47 Å². The van der Waals surface area contributed by atoms with Gasteiger partial charge in [-0.3, -0.25) is 0 Å². The second-order valence-corrected chi connectivity index (χ2v) is 5.21. The van der Waals surface area contributed by atoms with Crippen molar-refractivity contribution in [2.24, 2.45) is 0 Å². The Hall–Kier alpha value is -1.26. The van der Waals surface area contributed by atoms with Crippen LogP contribution in [0.3, 0.4) is 0 Å². The van der Waals surface area contributed by atoms with Crippen molar-refractivity contribution in [1.29, 1.82) is 0 Å². The number of nitrogens with zero attached hydrogens (tertiary/aromatic N) is 1. The number of nitrogens with one attached hydrogen (secondary N) is 1. The van der Waals surface area contributed by atoms with Gasteiger partial charge in [0.2, 0.25) is 0 Å². The summed E-state index contributed by atoms with van der Waals surface area (Å²) in [6.07, 6.45) is 0. The number of hydrogen-bond acceptors (Lipinski definition) is 4. The van der Waals surface area contributed by atoms with Crippen LogP contribution in [0.1, 0.15) is 26.3 Å². The highest BCUT2D eigenvalue weighted by molar-refractivity contribution is 5.47. The van der Waals surface area contributed by atoms with Crippen LogP contribution >= 0.6 is 0 Å². The highest BCUT2D eigenvalue weighted by Gasteiger charge is 2.16. The second kappa shape index (κ2) is 7.50. The largest absolute Gasteiger partial charge is 0.486 e. The van der Waals surface area contributed by atoms with E-state index < -0.39 is 0 Å². The Balaban J connectivity index is 1.91. The van der Waals surface area contributed by atoms with Crippen LogP contribution in [0, 0.1) is 0 Å². The van der Waals surface area contributed by atoms with E-state index >= 15 is 0 Å². The molecule has 1 N–H and O–H groups in total. The highest BCUT2D eigenvalue weighted by Crippen LogP contribution is 2.33. The molecule has 0 aliphatic carbocycles. The van der Waals surface area contributed by atoms with Crippen molar-refractivity contribution in [2.75, 3.05) is 32.8 Å². The lowest BCUT2D eigenvalue weighted by Crippen LogP contribution is -2.38. The van der Waals surface area contributed by atoms with Gasteiger partial charge in [0.25, 0.3) is 0 Å². The first-order valence-electron chi connectivity index (χ1n) is 7.57. The molecule has 20 heavy (non-hydrogen) atoms. The Morgan fingerprint density at radius 2 is 1.95 bits per heavy atom. The van der Waals surface area contributed by atoms with E-state index in [0.29, 0.717) is 19.3 Å². The number of likely N-dealkylation sites (N-methyl/N-ethyl adjacent to an activating group) is 1. The molecule has 0 aromatic heterocycles. The molecule has 4 nitrogen and oxygen atoms in total. The van der Waals surface area contributed by atoms with Gasteiger partial charge in [-0.1, -0.05) is 26.0 Å². The lowest BCUT2D eigenvalue weighted by molar-refractivity contribution is 0.169. The molecule has 1 heterocycles. The lowest BCUT2D eigenvalue weighted by Gasteiger charge is -2.25. The Labute approximate surface area is 122 Å². The van der Waals surface area contributed by atoms with Gasteiger partial charge in [0.1, 0.15) is 13.2 Å². The first-order valence-corrected chi connectivity index (χ1v) is 7.57. The van der Waals surface area contributed by atoms with E-state index in [-0.39, 0.29) is 0 Å². The minimum Gasteiger partial charge on any atom is -0.486 e. The summed E-state index contributed by atoms with van der Waals surface area (Å²) in [5, 5.41) is 3.57. The molecule has 1 aliphatic heterocycles. The standard InChI is InChI=1S/C16H26N2O2/c1-4-18(5-2)12-13(3)17-11-14-7-6-8-15-16(14)20-10-9-19-15/h6-8,13,17H,4-5,9-12H2,1-3H3. The molecule has 0 bridgehead atoms. The van der Waals surface area contributed by atoms with E-state index in [0.717, 1.165) is 37.7 Å². The summed E-state index contributed by atoms with van der Waals surface area (Å²) in [4.78, 5) is 2.43. The second-order valence-electron chi connectivity index (χ2n) is 5.21. The zero-order chi connectivity index (χ0) is 14.4. The maximum atomic E-state index is 5.73. The summed E-state index contributed by atoms with van der Waals surface area (Å²) in [6, 6.07) is 6.55. The summed E-state index contributed by atoms with van der Waals surface area (Å²) >= 11 is 0. The fourth-order valence-electron chi connectivity index (χ4n) is 2.49. The van der Waals surface area contributed by atoms with Gasteiger partial charge < -0.3 is 19.7 Å².